The zero-order valence-electron chi connectivity index (χ0n) is 14.2. The Labute approximate surface area is 146 Å². The van der Waals surface area contributed by atoms with Gasteiger partial charge in [-0.25, -0.2) is 4.98 Å². The third-order valence-electron chi connectivity index (χ3n) is 4.15. The molecule has 1 aromatic heterocycles. The highest BCUT2D eigenvalue weighted by atomic mass is 32.1. The minimum atomic E-state index is -0.486. The molecule has 24 heavy (non-hydrogen) atoms. The number of aryl methyl sites for hydroxylation is 2. The number of hydrogen-bond donors (Lipinski definition) is 1. The number of aliphatic hydroxyl groups excluding tert-OH is 1. The van der Waals surface area contributed by atoms with Crippen LogP contribution in [0.1, 0.15) is 11.4 Å². The van der Waals surface area contributed by atoms with Gasteiger partial charge in [0.2, 0.25) is 5.13 Å². The van der Waals surface area contributed by atoms with Crippen LogP contribution in [0.4, 0.5) is 5.13 Å². The molecule has 1 atom stereocenters. The Morgan fingerprint density at radius 3 is 2.62 bits per heavy atom. The maximum absolute atomic E-state index is 10.2. The smallest absolute Gasteiger partial charge is 0.205 e. The summed E-state index contributed by atoms with van der Waals surface area (Å²) in [6, 6.07) is 7.88. The van der Waals surface area contributed by atoms with Crippen molar-refractivity contribution in [2.45, 2.75) is 20.0 Å². The molecule has 0 saturated carbocycles. The molecule has 1 aliphatic heterocycles. The molecule has 1 fully saturated rings. The number of ether oxygens (including phenoxy) is 1. The lowest BCUT2D eigenvalue weighted by molar-refractivity contribution is 0.0661. The Kier molecular flexibility index (Phi) is 5.65. The summed E-state index contributed by atoms with van der Waals surface area (Å²) in [5, 5.41) is 11.2. The highest BCUT2D eigenvalue weighted by Crippen LogP contribution is 2.19. The molecule has 2 aromatic rings. The van der Waals surface area contributed by atoms with Crippen molar-refractivity contribution in [2.75, 3.05) is 44.2 Å². The number of anilines is 1. The van der Waals surface area contributed by atoms with Crippen LogP contribution >= 0.6 is 11.5 Å². The van der Waals surface area contributed by atoms with E-state index in [9.17, 15) is 5.11 Å². The fraction of sp³-hybridized carbons (Fsp3) is 0.529. The van der Waals surface area contributed by atoms with Crippen molar-refractivity contribution in [1.29, 1.82) is 0 Å². The predicted molar refractivity (Wildman–Crippen MR) is 96.0 cm³/mol. The van der Waals surface area contributed by atoms with E-state index >= 15 is 0 Å². The monoisotopic (exact) mass is 348 g/mol. The summed E-state index contributed by atoms with van der Waals surface area (Å²) in [7, 11) is 0. The van der Waals surface area contributed by atoms with Gasteiger partial charge in [0.25, 0.3) is 0 Å². The van der Waals surface area contributed by atoms with Gasteiger partial charge in [-0.05, 0) is 25.5 Å². The van der Waals surface area contributed by atoms with Gasteiger partial charge >= 0.3 is 0 Å². The summed E-state index contributed by atoms with van der Waals surface area (Å²) >= 11 is 1.46. The van der Waals surface area contributed by atoms with Crippen LogP contribution in [0.25, 0.3) is 0 Å². The zero-order chi connectivity index (χ0) is 16.9. The number of hydrogen-bond acceptors (Lipinski definition) is 7. The van der Waals surface area contributed by atoms with Gasteiger partial charge in [-0.15, -0.1) is 0 Å². The predicted octanol–water partition coefficient (Wildman–Crippen LogP) is 1.72. The quantitative estimate of drug-likeness (QED) is 0.858. The highest BCUT2D eigenvalue weighted by Gasteiger charge is 2.21. The summed E-state index contributed by atoms with van der Waals surface area (Å²) in [5.41, 5.74) is 1.09. The second kappa shape index (κ2) is 7.92. The molecule has 0 bridgehead atoms. The van der Waals surface area contributed by atoms with Crippen LogP contribution in [0, 0.1) is 13.8 Å². The maximum atomic E-state index is 10.2. The van der Waals surface area contributed by atoms with Crippen molar-refractivity contribution >= 4 is 16.7 Å². The van der Waals surface area contributed by atoms with E-state index in [0.29, 0.717) is 13.2 Å². The molecule has 1 aliphatic rings. The Morgan fingerprint density at radius 2 is 1.96 bits per heavy atom. The van der Waals surface area contributed by atoms with Crippen LogP contribution in [0.3, 0.4) is 0 Å². The fourth-order valence-corrected chi connectivity index (χ4v) is 3.52. The summed E-state index contributed by atoms with van der Waals surface area (Å²) in [4.78, 5) is 8.97. The third-order valence-corrected chi connectivity index (χ3v) is 5.02. The van der Waals surface area contributed by atoms with Gasteiger partial charge in [0.15, 0.2) is 0 Å². The van der Waals surface area contributed by atoms with Crippen molar-refractivity contribution in [2.24, 2.45) is 0 Å². The fourth-order valence-electron chi connectivity index (χ4n) is 2.79. The number of rotatable bonds is 6. The van der Waals surface area contributed by atoms with E-state index in [1.807, 2.05) is 38.1 Å². The molecule has 1 N–H and O–H groups in total. The number of aromatic nitrogens is 2. The average molecular weight is 348 g/mol. The van der Waals surface area contributed by atoms with Crippen molar-refractivity contribution < 1.29 is 9.84 Å². The van der Waals surface area contributed by atoms with Crippen molar-refractivity contribution in [1.82, 2.24) is 14.3 Å². The SMILES string of the molecule is Cc1nsc(N2CCN(CC(O)COc3ccccc3C)CC2)n1. The van der Waals surface area contributed by atoms with Crippen LogP contribution in [-0.2, 0) is 0 Å². The first kappa shape index (κ1) is 17.1. The topological polar surface area (TPSA) is 61.7 Å². The van der Waals surface area contributed by atoms with E-state index in [2.05, 4.69) is 19.2 Å². The highest BCUT2D eigenvalue weighted by molar-refractivity contribution is 7.09. The van der Waals surface area contributed by atoms with E-state index in [1.54, 1.807) is 0 Å². The van der Waals surface area contributed by atoms with Crippen LogP contribution in [-0.4, -0.2) is 64.8 Å². The maximum Gasteiger partial charge on any atom is 0.205 e. The molecule has 0 radical (unpaired) electrons. The van der Waals surface area contributed by atoms with E-state index in [-0.39, 0.29) is 0 Å². The molecule has 0 spiro atoms. The van der Waals surface area contributed by atoms with Gasteiger partial charge in [-0.1, -0.05) is 18.2 Å². The molecule has 7 heteroatoms. The zero-order valence-corrected chi connectivity index (χ0v) is 15.0. The third kappa shape index (κ3) is 4.43. The Morgan fingerprint density at radius 1 is 1.21 bits per heavy atom. The summed E-state index contributed by atoms with van der Waals surface area (Å²) < 4.78 is 9.97. The first-order valence-electron chi connectivity index (χ1n) is 8.26. The van der Waals surface area contributed by atoms with Gasteiger partial charge in [0, 0.05) is 44.3 Å². The van der Waals surface area contributed by atoms with Crippen LogP contribution in [0.15, 0.2) is 24.3 Å². The molecule has 6 nitrogen and oxygen atoms in total. The molecule has 1 unspecified atom stereocenters. The number of benzene rings is 1. The Hall–Kier alpha value is -1.70. The lowest BCUT2D eigenvalue weighted by atomic mass is 10.2. The van der Waals surface area contributed by atoms with Crippen LogP contribution in [0.5, 0.6) is 5.75 Å². The second-order valence-corrected chi connectivity index (χ2v) is 6.87. The lowest BCUT2D eigenvalue weighted by Crippen LogP contribution is -2.49. The summed E-state index contributed by atoms with van der Waals surface area (Å²) in [5.74, 6) is 1.68. The minimum Gasteiger partial charge on any atom is -0.491 e. The first-order chi connectivity index (χ1) is 11.6. The number of aliphatic hydroxyl groups is 1. The van der Waals surface area contributed by atoms with Gasteiger partial charge < -0.3 is 14.7 Å². The van der Waals surface area contributed by atoms with Crippen LogP contribution < -0.4 is 9.64 Å². The Bertz CT molecular complexity index is 656. The van der Waals surface area contributed by atoms with E-state index in [0.717, 1.165) is 48.4 Å². The molecular weight excluding hydrogens is 324 g/mol. The standard InChI is InChI=1S/C17H24N4O2S/c1-13-5-3-4-6-16(13)23-12-15(22)11-20-7-9-21(10-8-20)17-18-14(2)19-24-17/h3-6,15,22H,7-12H2,1-2H3. The van der Waals surface area contributed by atoms with Gasteiger partial charge in [0.1, 0.15) is 24.3 Å². The minimum absolute atomic E-state index is 0.320. The molecule has 1 saturated heterocycles. The largest absolute Gasteiger partial charge is 0.491 e. The lowest BCUT2D eigenvalue weighted by Gasteiger charge is -2.35. The molecule has 0 aliphatic carbocycles. The first-order valence-corrected chi connectivity index (χ1v) is 9.03. The molecule has 0 amide bonds. The Balaban J connectivity index is 1.41. The molecule has 2 heterocycles. The number of piperazine rings is 1. The average Bonchev–Trinajstić information content (AvgIpc) is 3.01. The second-order valence-electron chi connectivity index (χ2n) is 6.14. The van der Waals surface area contributed by atoms with E-state index in [4.69, 9.17) is 4.74 Å². The summed E-state index contributed by atoms with van der Waals surface area (Å²) in [6.07, 6.45) is -0.486. The van der Waals surface area contributed by atoms with Crippen molar-refractivity contribution in [3.05, 3.63) is 35.7 Å². The van der Waals surface area contributed by atoms with Crippen molar-refractivity contribution in [3.63, 3.8) is 0 Å². The van der Waals surface area contributed by atoms with Gasteiger partial charge in [0.05, 0.1) is 0 Å². The molecule has 3 rings (SSSR count). The normalized spacial score (nSPS) is 17.0. The number of para-hydroxylation sites is 1. The van der Waals surface area contributed by atoms with E-state index < -0.39 is 6.10 Å². The van der Waals surface area contributed by atoms with Crippen molar-refractivity contribution in [3.8, 4) is 5.75 Å². The van der Waals surface area contributed by atoms with Gasteiger partial charge in [-0.2, -0.15) is 4.37 Å². The molecular formula is C17H24N4O2S. The van der Waals surface area contributed by atoms with E-state index in [1.165, 1.54) is 11.5 Å². The number of nitrogens with zero attached hydrogens (tertiary/aromatic N) is 4. The molecule has 130 valence electrons. The molecule has 1 aromatic carbocycles. The van der Waals surface area contributed by atoms with Crippen LogP contribution in [0.2, 0.25) is 0 Å². The number of β-amino-alcohol motifs (C(OH)–C–C–N with tert-alkyl or cyclic N) is 1. The summed E-state index contributed by atoms with van der Waals surface area (Å²) in [6.45, 7) is 8.55. The van der Waals surface area contributed by atoms with Gasteiger partial charge in [-0.3, -0.25) is 4.90 Å².